The molecule has 0 saturated heterocycles. The van der Waals surface area contributed by atoms with Crippen molar-refractivity contribution in [3.8, 4) is 0 Å². The molecule has 104 valence electrons. The summed E-state index contributed by atoms with van der Waals surface area (Å²) in [6.45, 7) is 6.55. The van der Waals surface area contributed by atoms with Crippen molar-refractivity contribution in [1.82, 2.24) is 5.32 Å². The Labute approximate surface area is 115 Å². The number of hydrogen-bond donors (Lipinski definition) is 1. The van der Waals surface area contributed by atoms with E-state index in [9.17, 15) is 4.79 Å². The molecule has 0 aliphatic heterocycles. The molecule has 0 spiro atoms. The van der Waals surface area contributed by atoms with Crippen molar-refractivity contribution in [2.45, 2.75) is 32.8 Å². The molecule has 0 unspecified atom stereocenters. The molecule has 0 atom stereocenters. The quantitative estimate of drug-likeness (QED) is 0.653. The molecule has 19 heavy (non-hydrogen) atoms. The average Bonchev–Trinajstić information content (AvgIpc) is 2.33. The molecule has 1 aromatic rings. The summed E-state index contributed by atoms with van der Waals surface area (Å²) < 4.78 is 5.35. The maximum absolute atomic E-state index is 11.9. The van der Waals surface area contributed by atoms with E-state index in [0.29, 0.717) is 5.56 Å². The van der Waals surface area contributed by atoms with Crippen LogP contribution < -0.4 is 5.32 Å². The highest BCUT2D eigenvalue weighted by Crippen LogP contribution is 2.14. The molecule has 1 aromatic carbocycles. The van der Waals surface area contributed by atoms with Gasteiger partial charge in [0.2, 0.25) is 0 Å². The Hall–Kier alpha value is -1.61. The molecule has 0 bridgehead atoms. The molecule has 1 rings (SSSR count). The van der Waals surface area contributed by atoms with Crippen LogP contribution in [0.4, 0.5) is 0 Å². The van der Waals surface area contributed by atoms with Crippen molar-refractivity contribution in [2.24, 2.45) is 0 Å². The van der Waals surface area contributed by atoms with Crippen molar-refractivity contribution in [2.75, 3.05) is 13.6 Å². The number of nitrogens with one attached hydrogen (secondary N) is 1. The molecule has 1 N–H and O–H groups in total. The van der Waals surface area contributed by atoms with Crippen LogP contribution in [0.15, 0.2) is 30.3 Å². The highest BCUT2D eigenvalue weighted by atomic mass is 16.6. The second-order valence-corrected chi connectivity index (χ2v) is 5.42. The monoisotopic (exact) mass is 261 g/mol. The molecule has 0 amide bonds. The van der Waals surface area contributed by atoms with E-state index in [0.717, 1.165) is 18.5 Å². The summed E-state index contributed by atoms with van der Waals surface area (Å²) in [6.07, 6.45) is 5.07. The fraction of sp³-hybridized carbons (Fsp3) is 0.438. The number of carbonyl (C=O) groups excluding carboxylic acids is 1. The lowest BCUT2D eigenvalue weighted by atomic mass is 10.1. The third-order valence-electron chi connectivity index (χ3n) is 2.39. The lowest BCUT2D eigenvalue weighted by molar-refractivity contribution is 0.00695. The third kappa shape index (κ3) is 6.20. The van der Waals surface area contributed by atoms with Crippen LogP contribution in [0.2, 0.25) is 0 Å². The van der Waals surface area contributed by atoms with Crippen molar-refractivity contribution < 1.29 is 9.53 Å². The van der Waals surface area contributed by atoms with Crippen LogP contribution in [0.25, 0.3) is 6.08 Å². The smallest absolute Gasteiger partial charge is 0.338 e. The van der Waals surface area contributed by atoms with E-state index in [1.165, 1.54) is 0 Å². The molecule has 0 fully saturated rings. The van der Waals surface area contributed by atoms with E-state index in [4.69, 9.17) is 4.74 Å². The number of hydrogen-bond acceptors (Lipinski definition) is 3. The Morgan fingerprint density at radius 2 is 2.11 bits per heavy atom. The molecule has 3 heteroatoms. The van der Waals surface area contributed by atoms with Crippen LogP contribution in [0.5, 0.6) is 0 Å². The number of rotatable bonds is 5. The molecular weight excluding hydrogens is 238 g/mol. The van der Waals surface area contributed by atoms with Gasteiger partial charge in [-0.3, -0.25) is 0 Å². The van der Waals surface area contributed by atoms with Crippen LogP contribution in [0.3, 0.4) is 0 Å². The summed E-state index contributed by atoms with van der Waals surface area (Å²) in [7, 11) is 1.93. The summed E-state index contributed by atoms with van der Waals surface area (Å²) in [5.74, 6) is -0.280. The van der Waals surface area contributed by atoms with Gasteiger partial charge in [-0.15, -0.1) is 0 Å². The van der Waals surface area contributed by atoms with E-state index in [1.54, 1.807) is 6.07 Å². The standard InChI is InChI=1S/C16H23NO2/c1-16(2,3)19-15(18)14-10-7-9-13(12-14)8-5-6-11-17-4/h5,7-10,12,17H,6,11H2,1-4H3. The predicted molar refractivity (Wildman–Crippen MR) is 79.2 cm³/mol. The van der Waals surface area contributed by atoms with Crippen LogP contribution in [-0.4, -0.2) is 25.2 Å². The van der Waals surface area contributed by atoms with Gasteiger partial charge in [0.25, 0.3) is 0 Å². The molecule has 0 radical (unpaired) electrons. The van der Waals surface area contributed by atoms with E-state index in [-0.39, 0.29) is 5.97 Å². The summed E-state index contributed by atoms with van der Waals surface area (Å²) in [5.41, 5.74) is 1.14. The molecule has 0 aromatic heterocycles. The van der Waals surface area contributed by atoms with Gasteiger partial charge in [-0.05, 0) is 58.5 Å². The maximum atomic E-state index is 11.9. The molecular formula is C16H23NO2. The largest absolute Gasteiger partial charge is 0.456 e. The summed E-state index contributed by atoms with van der Waals surface area (Å²) in [4.78, 5) is 11.9. The van der Waals surface area contributed by atoms with Crippen molar-refractivity contribution in [1.29, 1.82) is 0 Å². The number of esters is 1. The first kappa shape index (κ1) is 15.4. The van der Waals surface area contributed by atoms with Gasteiger partial charge >= 0.3 is 5.97 Å². The zero-order chi connectivity index (χ0) is 14.3. The molecule has 0 saturated carbocycles. The molecule has 3 nitrogen and oxygen atoms in total. The second-order valence-electron chi connectivity index (χ2n) is 5.42. The molecule has 0 aliphatic rings. The number of benzene rings is 1. The molecule has 0 heterocycles. The van der Waals surface area contributed by atoms with Crippen LogP contribution in [-0.2, 0) is 4.74 Å². The fourth-order valence-electron chi connectivity index (χ4n) is 1.55. The topological polar surface area (TPSA) is 38.3 Å². The maximum Gasteiger partial charge on any atom is 0.338 e. The highest BCUT2D eigenvalue weighted by molar-refractivity contribution is 5.90. The Bertz CT molecular complexity index is 444. The summed E-state index contributed by atoms with van der Waals surface area (Å²) in [5, 5.41) is 3.08. The lowest BCUT2D eigenvalue weighted by Crippen LogP contribution is -2.23. The van der Waals surface area contributed by atoms with Crippen LogP contribution in [0, 0.1) is 0 Å². The van der Waals surface area contributed by atoms with E-state index in [2.05, 4.69) is 11.4 Å². The zero-order valence-electron chi connectivity index (χ0n) is 12.2. The first-order valence-corrected chi connectivity index (χ1v) is 6.57. The third-order valence-corrected chi connectivity index (χ3v) is 2.39. The Kier molecular flexibility index (Phi) is 5.77. The van der Waals surface area contributed by atoms with Crippen LogP contribution >= 0.6 is 0 Å². The van der Waals surface area contributed by atoms with Gasteiger partial charge in [0, 0.05) is 0 Å². The van der Waals surface area contributed by atoms with Gasteiger partial charge in [-0.25, -0.2) is 4.79 Å². The minimum Gasteiger partial charge on any atom is -0.456 e. The fourth-order valence-corrected chi connectivity index (χ4v) is 1.55. The van der Waals surface area contributed by atoms with Gasteiger partial charge in [0.05, 0.1) is 5.56 Å². The number of ether oxygens (including phenoxy) is 1. The first-order valence-electron chi connectivity index (χ1n) is 6.57. The Morgan fingerprint density at radius 1 is 1.37 bits per heavy atom. The lowest BCUT2D eigenvalue weighted by Gasteiger charge is -2.19. The van der Waals surface area contributed by atoms with E-state index in [1.807, 2.05) is 52.1 Å². The van der Waals surface area contributed by atoms with Crippen molar-refractivity contribution in [3.05, 3.63) is 41.5 Å². The average molecular weight is 261 g/mol. The second kappa shape index (κ2) is 7.10. The summed E-state index contributed by atoms with van der Waals surface area (Å²) in [6, 6.07) is 7.48. The minimum atomic E-state index is -0.463. The van der Waals surface area contributed by atoms with Gasteiger partial charge in [0.1, 0.15) is 5.60 Å². The number of carbonyl (C=O) groups is 1. The van der Waals surface area contributed by atoms with Gasteiger partial charge in [-0.2, -0.15) is 0 Å². The highest BCUT2D eigenvalue weighted by Gasteiger charge is 2.17. The first-order chi connectivity index (χ1) is 8.92. The van der Waals surface area contributed by atoms with Gasteiger partial charge in [-0.1, -0.05) is 24.3 Å². The van der Waals surface area contributed by atoms with Gasteiger partial charge < -0.3 is 10.1 Å². The normalized spacial score (nSPS) is 11.8. The van der Waals surface area contributed by atoms with E-state index < -0.39 is 5.60 Å². The SMILES string of the molecule is CNCCC=Cc1cccc(C(=O)OC(C)(C)C)c1. The Balaban J connectivity index is 2.71. The zero-order valence-corrected chi connectivity index (χ0v) is 12.2. The van der Waals surface area contributed by atoms with Crippen molar-refractivity contribution >= 4 is 12.0 Å². The van der Waals surface area contributed by atoms with Gasteiger partial charge in [0.15, 0.2) is 0 Å². The predicted octanol–water partition coefficient (Wildman–Crippen LogP) is 3.26. The van der Waals surface area contributed by atoms with Crippen molar-refractivity contribution in [3.63, 3.8) is 0 Å². The Morgan fingerprint density at radius 3 is 2.74 bits per heavy atom. The molecule has 0 aliphatic carbocycles. The minimum absolute atomic E-state index is 0.280. The summed E-state index contributed by atoms with van der Waals surface area (Å²) >= 11 is 0. The van der Waals surface area contributed by atoms with Crippen LogP contribution in [0.1, 0.15) is 43.1 Å². The van der Waals surface area contributed by atoms with E-state index >= 15 is 0 Å².